The number of aliphatic hydroxyl groups is 1. The molecule has 1 amide bonds. The van der Waals surface area contributed by atoms with Gasteiger partial charge in [-0.25, -0.2) is 0 Å². The number of furan rings is 1. The molecule has 5 heteroatoms. The summed E-state index contributed by atoms with van der Waals surface area (Å²) in [6.45, 7) is 4.24. The Labute approximate surface area is 94.6 Å². The number of hydrogen-bond donors (Lipinski definition) is 3. The van der Waals surface area contributed by atoms with E-state index in [1.807, 2.05) is 0 Å². The molecular weight excluding hydrogens is 208 g/mol. The van der Waals surface area contributed by atoms with E-state index in [-0.39, 0.29) is 5.91 Å². The maximum Gasteiger partial charge on any atom is 0.224 e. The summed E-state index contributed by atoms with van der Waals surface area (Å²) in [5, 5.41) is 12.7. The topological polar surface area (TPSA) is 88.5 Å². The van der Waals surface area contributed by atoms with E-state index in [0.717, 1.165) is 0 Å². The maximum atomic E-state index is 11.0. The number of aliphatic hydroxyl groups excluding tert-OH is 1. The van der Waals surface area contributed by atoms with Crippen molar-refractivity contribution in [2.75, 3.05) is 13.1 Å². The molecule has 0 saturated heterocycles. The van der Waals surface area contributed by atoms with Crippen molar-refractivity contribution in [3.8, 4) is 0 Å². The van der Waals surface area contributed by atoms with Gasteiger partial charge in [0, 0.05) is 13.1 Å². The van der Waals surface area contributed by atoms with E-state index in [9.17, 15) is 9.90 Å². The van der Waals surface area contributed by atoms with Gasteiger partial charge in [0.2, 0.25) is 5.91 Å². The van der Waals surface area contributed by atoms with Gasteiger partial charge in [0.15, 0.2) is 0 Å². The van der Waals surface area contributed by atoms with Gasteiger partial charge in [0.1, 0.15) is 11.9 Å². The van der Waals surface area contributed by atoms with Crippen LogP contribution in [0.4, 0.5) is 0 Å². The average molecular weight is 226 g/mol. The molecule has 0 spiro atoms. The average Bonchev–Trinajstić information content (AvgIpc) is 2.69. The number of primary amides is 1. The van der Waals surface area contributed by atoms with Crippen LogP contribution >= 0.6 is 0 Å². The van der Waals surface area contributed by atoms with Crippen molar-refractivity contribution in [3.05, 3.63) is 24.2 Å². The van der Waals surface area contributed by atoms with E-state index >= 15 is 0 Å². The molecule has 0 fully saturated rings. The first kappa shape index (κ1) is 12.7. The predicted molar refractivity (Wildman–Crippen MR) is 59.5 cm³/mol. The first-order valence-electron chi connectivity index (χ1n) is 5.15. The normalized spacial score (nSPS) is 13.7. The molecule has 16 heavy (non-hydrogen) atoms. The lowest BCUT2D eigenvalue weighted by Gasteiger charge is -2.21. The fraction of sp³-hybridized carbons (Fsp3) is 0.545. The van der Waals surface area contributed by atoms with E-state index in [4.69, 9.17) is 10.2 Å². The van der Waals surface area contributed by atoms with Gasteiger partial charge in [-0.15, -0.1) is 0 Å². The van der Waals surface area contributed by atoms with E-state index in [1.165, 1.54) is 6.26 Å². The van der Waals surface area contributed by atoms with Gasteiger partial charge in [-0.2, -0.15) is 0 Å². The summed E-state index contributed by atoms with van der Waals surface area (Å²) in [5.41, 5.74) is 4.60. The molecule has 0 aliphatic carbocycles. The van der Waals surface area contributed by atoms with Crippen LogP contribution in [0, 0.1) is 5.41 Å². The highest BCUT2D eigenvalue weighted by Gasteiger charge is 2.24. The summed E-state index contributed by atoms with van der Waals surface area (Å²) >= 11 is 0. The minimum absolute atomic E-state index is 0.324. The Bertz CT molecular complexity index is 333. The van der Waals surface area contributed by atoms with Crippen LogP contribution in [-0.4, -0.2) is 24.1 Å². The largest absolute Gasteiger partial charge is 0.467 e. The van der Waals surface area contributed by atoms with E-state index in [0.29, 0.717) is 18.8 Å². The molecule has 5 nitrogen and oxygen atoms in total. The van der Waals surface area contributed by atoms with Crippen molar-refractivity contribution >= 4 is 5.91 Å². The van der Waals surface area contributed by atoms with Crippen LogP contribution in [0.25, 0.3) is 0 Å². The molecule has 1 unspecified atom stereocenters. The standard InChI is InChI=1S/C11H18N2O3/c1-11(2,10(12)15)7-13-6-8(14)9-4-3-5-16-9/h3-5,8,13-14H,6-7H2,1-2H3,(H2,12,15). The van der Waals surface area contributed by atoms with Crippen LogP contribution < -0.4 is 11.1 Å². The van der Waals surface area contributed by atoms with E-state index in [1.54, 1.807) is 26.0 Å². The lowest BCUT2D eigenvalue weighted by molar-refractivity contribution is -0.125. The third-order valence-electron chi connectivity index (χ3n) is 2.44. The minimum atomic E-state index is -0.710. The van der Waals surface area contributed by atoms with E-state index < -0.39 is 11.5 Å². The Balaban J connectivity index is 2.34. The van der Waals surface area contributed by atoms with Crippen molar-refractivity contribution in [3.63, 3.8) is 0 Å². The molecule has 90 valence electrons. The Morgan fingerprint density at radius 2 is 2.38 bits per heavy atom. The highest BCUT2D eigenvalue weighted by molar-refractivity contribution is 5.80. The number of nitrogens with two attached hydrogens (primary N) is 1. The highest BCUT2D eigenvalue weighted by Crippen LogP contribution is 2.14. The molecule has 0 bridgehead atoms. The first-order valence-corrected chi connectivity index (χ1v) is 5.15. The molecular formula is C11H18N2O3. The lowest BCUT2D eigenvalue weighted by Crippen LogP contribution is -2.41. The van der Waals surface area contributed by atoms with Crippen LogP contribution in [0.1, 0.15) is 25.7 Å². The molecule has 1 rings (SSSR count). The zero-order chi connectivity index (χ0) is 12.2. The smallest absolute Gasteiger partial charge is 0.224 e. The molecule has 0 aromatic carbocycles. The fourth-order valence-electron chi connectivity index (χ4n) is 1.19. The quantitative estimate of drug-likeness (QED) is 0.655. The van der Waals surface area contributed by atoms with Crippen LogP contribution in [-0.2, 0) is 4.79 Å². The molecule has 1 heterocycles. The summed E-state index contributed by atoms with van der Waals surface area (Å²) in [6, 6.07) is 3.41. The predicted octanol–water partition coefficient (Wildman–Crippen LogP) is 0.414. The van der Waals surface area contributed by atoms with Gasteiger partial charge < -0.3 is 20.6 Å². The van der Waals surface area contributed by atoms with Gasteiger partial charge in [0.25, 0.3) is 0 Å². The van der Waals surface area contributed by atoms with Crippen LogP contribution in [0.15, 0.2) is 22.8 Å². The first-order chi connectivity index (χ1) is 7.43. The number of carbonyl (C=O) groups is 1. The van der Waals surface area contributed by atoms with Crippen molar-refractivity contribution < 1.29 is 14.3 Å². The zero-order valence-corrected chi connectivity index (χ0v) is 9.56. The monoisotopic (exact) mass is 226 g/mol. The molecule has 1 atom stereocenters. The number of nitrogens with one attached hydrogen (secondary N) is 1. The van der Waals surface area contributed by atoms with Gasteiger partial charge in [-0.05, 0) is 26.0 Å². The van der Waals surface area contributed by atoms with Gasteiger partial charge in [0.05, 0.1) is 11.7 Å². The van der Waals surface area contributed by atoms with Crippen molar-refractivity contribution in [1.29, 1.82) is 0 Å². The number of rotatable bonds is 6. The van der Waals surface area contributed by atoms with Gasteiger partial charge >= 0.3 is 0 Å². The van der Waals surface area contributed by atoms with Crippen molar-refractivity contribution in [1.82, 2.24) is 5.32 Å². The molecule has 0 aliphatic rings. The second kappa shape index (κ2) is 5.14. The Morgan fingerprint density at radius 3 is 2.88 bits per heavy atom. The lowest BCUT2D eigenvalue weighted by atomic mass is 9.93. The molecule has 1 aromatic rings. The molecule has 0 radical (unpaired) electrons. The highest BCUT2D eigenvalue weighted by atomic mass is 16.4. The summed E-state index contributed by atoms with van der Waals surface area (Å²) in [4.78, 5) is 11.0. The Kier molecular flexibility index (Phi) is 4.09. The number of carbonyl (C=O) groups excluding carboxylic acids is 1. The third kappa shape index (κ3) is 3.36. The zero-order valence-electron chi connectivity index (χ0n) is 9.56. The summed E-state index contributed by atoms with van der Waals surface area (Å²) in [7, 11) is 0. The van der Waals surface area contributed by atoms with Crippen molar-refractivity contribution in [2.45, 2.75) is 20.0 Å². The summed E-state index contributed by atoms with van der Waals surface area (Å²) in [5.74, 6) is 0.136. The molecule has 0 aliphatic heterocycles. The summed E-state index contributed by atoms with van der Waals surface area (Å²) < 4.78 is 5.04. The Hall–Kier alpha value is -1.33. The number of hydrogen-bond acceptors (Lipinski definition) is 4. The fourth-order valence-corrected chi connectivity index (χ4v) is 1.19. The molecule has 1 aromatic heterocycles. The summed E-state index contributed by atoms with van der Waals surface area (Å²) in [6.07, 6.45) is 0.796. The number of amides is 1. The second-order valence-electron chi connectivity index (χ2n) is 4.41. The molecule has 4 N–H and O–H groups in total. The van der Waals surface area contributed by atoms with Crippen LogP contribution in [0.5, 0.6) is 0 Å². The van der Waals surface area contributed by atoms with Gasteiger partial charge in [-0.3, -0.25) is 4.79 Å². The second-order valence-corrected chi connectivity index (χ2v) is 4.41. The maximum absolute atomic E-state index is 11.0. The SMILES string of the molecule is CC(C)(CNCC(O)c1ccco1)C(N)=O. The minimum Gasteiger partial charge on any atom is -0.467 e. The third-order valence-corrected chi connectivity index (χ3v) is 2.44. The molecule has 0 saturated carbocycles. The van der Waals surface area contributed by atoms with Gasteiger partial charge in [-0.1, -0.05) is 0 Å². The Morgan fingerprint density at radius 1 is 1.69 bits per heavy atom. The van der Waals surface area contributed by atoms with E-state index in [2.05, 4.69) is 5.32 Å². The van der Waals surface area contributed by atoms with Crippen LogP contribution in [0.2, 0.25) is 0 Å². The van der Waals surface area contributed by atoms with Crippen LogP contribution in [0.3, 0.4) is 0 Å². The van der Waals surface area contributed by atoms with Crippen molar-refractivity contribution in [2.24, 2.45) is 11.1 Å².